The smallest absolute Gasteiger partial charge is 0.169 e. The molecule has 0 unspecified atom stereocenters. The average Bonchev–Trinajstić information content (AvgIpc) is 1.81. The van der Waals surface area contributed by atoms with Crippen molar-refractivity contribution in [1.82, 2.24) is 0 Å². The van der Waals surface area contributed by atoms with Crippen LogP contribution in [0.15, 0.2) is 0 Å². The molecular formula is C8H11F3. The minimum absolute atomic E-state index is 0.458. The molecular weight excluding hydrogens is 153 g/mol. The number of rotatable bonds is 0. The third-order valence-corrected chi connectivity index (χ3v) is 1.29. The van der Waals surface area contributed by atoms with Crippen LogP contribution >= 0.6 is 0 Å². The van der Waals surface area contributed by atoms with Crippen LogP contribution in [0.3, 0.4) is 0 Å². The summed E-state index contributed by atoms with van der Waals surface area (Å²) in [5.41, 5.74) is -1.87. The highest BCUT2D eigenvalue weighted by molar-refractivity contribution is 5.11. The van der Waals surface area contributed by atoms with E-state index >= 15 is 0 Å². The van der Waals surface area contributed by atoms with Crippen molar-refractivity contribution in [2.75, 3.05) is 0 Å². The van der Waals surface area contributed by atoms with E-state index < -0.39 is 11.6 Å². The molecule has 0 fully saturated rings. The Hall–Kier alpha value is -0.650. The molecule has 0 rings (SSSR count). The maximum absolute atomic E-state index is 12.1. The van der Waals surface area contributed by atoms with E-state index in [0.29, 0.717) is 6.42 Å². The summed E-state index contributed by atoms with van der Waals surface area (Å²) >= 11 is 0. The summed E-state index contributed by atoms with van der Waals surface area (Å²) in [4.78, 5) is 0. The molecule has 0 aromatic rings. The monoisotopic (exact) mass is 164 g/mol. The summed E-state index contributed by atoms with van der Waals surface area (Å²) in [7, 11) is 0. The molecule has 0 aromatic carbocycles. The Morgan fingerprint density at radius 1 is 1.18 bits per heavy atom. The molecule has 0 radical (unpaired) electrons. The molecule has 0 saturated carbocycles. The molecule has 0 aliphatic heterocycles. The highest BCUT2D eigenvalue weighted by Gasteiger charge is 2.46. The first-order valence-corrected chi connectivity index (χ1v) is 3.38. The molecule has 0 aliphatic carbocycles. The Kier molecular flexibility index (Phi) is 2.98. The Bertz CT molecular complexity index is 178. The Balaban J connectivity index is 4.47. The highest BCUT2D eigenvalue weighted by atomic mass is 19.4. The van der Waals surface area contributed by atoms with E-state index in [2.05, 4.69) is 11.8 Å². The minimum Gasteiger partial charge on any atom is -0.169 e. The fourth-order valence-electron chi connectivity index (χ4n) is 0.380. The topological polar surface area (TPSA) is 0 Å². The predicted molar refractivity (Wildman–Crippen MR) is 37.9 cm³/mol. The summed E-state index contributed by atoms with van der Waals surface area (Å²) in [6.07, 6.45) is -3.77. The third kappa shape index (κ3) is 2.83. The van der Waals surface area contributed by atoms with E-state index in [9.17, 15) is 13.2 Å². The van der Waals surface area contributed by atoms with Crippen molar-refractivity contribution in [3.05, 3.63) is 0 Å². The maximum atomic E-state index is 12.1. The van der Waals surface area contributed by atoms with Crippen LogP contribution in [0.5, 0.6) is 0 Å². The Morgan fingerprint density at radius 3 is 1.91 bits per heavy atom. The molecule has 0 aromatic heterocycles. The fourth-order valence-corrected chi connectivity index (χ4v) is 0.380. The normalized spacial score (nSPS) is 12.2. The lowest BCUT2D eigenvalue weighted by Crippen LogP contribution is -2.30. The third-order valence-electron chi connectivity index (χ3n) is 1.29. The molecule has 11 heavy (non-hydrogen) atoms. The standard InChI is InChI=1S/C8H11F3/c1-4-5-6-7(2,3)8(9,10)11/h4H2,1-3H3. The van der Waals surface area contributed by atoms with Gasteiger partial charge in [0.15, 0.2) is 0 Å². The largest absolute Gasteiger partial charge is 0.404 e. The zero-order chi connectivity index (χ0) is 9.12. The molecule has 0 spiro atoms. The number of alkyl halides is 3. The molecule has 0 nitrogen and oxygen atoms in total. The van der Waals surface area contributed by atoms with Gasteiger partial charge in [-0.05, 0) is 13.8 Å². The van der Waals surface area contributed by atoms with Crippen molar-refractivity contribution >= 4 is 0 Å². The van der Waals surface area contributed by atoms with E-state index in [0.717, 1.165) is 13.8 Å². The van der Waals surface area contributed by atoms with E-state index in [-0.39, 0.29) is 0 Å². The number of halogens is 3. The van der Waals surface area contributed by atoms with Gasteiger partial charge in [-0.1, -0.05) is 12.8 Å². The van der Waals surface area contributed by atoms with Crippen molar-refractivity contribution < 1.29 is 13.2 Å². The lowest BCUT2D eigenvalue weighted by molar-refractivity contribution is -0.190. The lowest BCUT2D eigenvalue weighted by atomic mass is 9.94. The second kappa shape index (κ2) is 3.17. The first kappa shape index (κ1) is 10.3. The van der Waals surface area contributed by atoms with Gasteiger partial charge in [0.2, 0.25) is 0 Å². The second-order valence-corrected chi connectivity index (χ2v) is 2.78. The van der Waals surface area contributed by atoms with Crippen molar-refractivity contribution in [1.29, 1.82) is 0 Å². The van der Waals surface area contributed by atoms with Crippen molar-refractivity contribution in [2.24, 2.45) is 5.41 Å². The molecule has 3 heteroatoms. The van der Waals surface area contributed by atoms with Gasteiger partial charge in [0.25, 0.3) is 0 Å². The molecule has 0 bridgehead atoms. The van der Waals surface area contributed by atoms with Gasteiger partial charge in [0.05, 0.1) is 0 Å². The Labute approximate surface area is 64.8 Å². The van der Waals surface area contributed by atoms with E-state index in [1.165, 1.54) is 0 Å². The van der Waals surface area contributed by atoms with Gasteiger partial charge >= 0.3 is 6.18 Å². The van der Waals surface area contributed by atoms with Gasteiger partial charge in [0.1, 0.15) is 5.41 Å². The molecule has 0 N–H and O–H groups in total. The van der Waals surface area contributed by atoms with Gasteiger partial charge < -0.3 is 0 Å². The quantitative estimate of drug-likeness (QED) is 0.483. The highest BCUT2D eigenvalue weighted by Crippen LogP contribution is 2.36. The first-order chi connectivity index (χ1) is 4.81. The summed E-state index contributed by atoms with van der Waals surface area (Å²) < 4.78 is 36.2. The zero-order valence-electron chi connectivity index (χ0n) is 6.84. The van der Waals surface area contributed by atoms with Crippen LogP contribution in [0.1, 0.15) is 27.2 Å². The molecule has 0 heterocycles. The molecule has 0 aliphatic rings. The average molecular weight is 164 g/mol. The van der Waals surface area contributed by atoms with Crippen LogP contribution in [0, 0.1) is 17.3 Å². The Morgan fingerprint density at radius 2 is 1.64 bits per heavy atom. The van der Waals surface area contributed by atoms with Crippen molar-refractivity contribution in [2.45, 2.75) is 33.4 Å². The van der Waals surface area contributed by atoms with Gasteiger partial charge in [-0.25, -0.2) is 0 Å². The predicted octanol–water partition coefficient (Wildman–Crippen LogP) is 2.99. The minimum atomic E-state index is -4.23. The summed E-state index contributed by atoms with van der Waals surface area (Å²) in [5, 5.41) is 0. The van der Waals surface area contributed by atoms with Gasteiger partial charge in [0, 0.05) is 6.42 Å². The summed E-state index contributed by atoms with van der Waals surface area (Å²) in [5.74, 6) is 4.60. The van der Waals surface area contributed by atoms with Crippen LogP contribution in [0.2, 0.25) is 0 Å². The molecule has 0 amide bonds. The summed E-state index contributed by atoms with van der Waals surface area (Å²) in [6, 6.07) is 0. The van der Waals surface area contributed by atoms with Crippen LogP contribution in [0.25, 0.3) is 0 Å². The van der Waals surface area contributed by atoms with E-state index in [1.807, 2.05) is 0 Å². The maximum Gasteiger partial charge on any atom is 0.404 e. The zero-order valence-corrected chi connectivity index (χ0v) is 6.84. The van der Waals surface area contributed by atoms with Crippen LogP contribution in [-0.2, 0) is 0 Å². The first-order valence-electron chi connectivity index (χ1n) is 3.38. The molecule has 0 atom stereocenters. The van der Waals surface area contributed by atoms with E-state index in [1.54, 1.807) is 6.92 Å². The van der Waals surface area contributed by atoms with Crippen molar-refractivity contribution in [3.8, 4) is 11.8 Å². The number of hydrogen-bond donors (Lipinski definition) is 0. The molecule has 64 valence electrons. The van der Waals surface area contributed by atoms with Crippen LogP contribution in [0.4, 0.5) is 13.2 Å². The SMILES string of the molecule is CCC#CC(C)(C)C(F)(F)F. The van der Waals surface area contributed by atoms with Gasteiger partial charge in [-0.3, -0.25) is 0 Å². The second-order valence-electron chi connectivity index (χ2n) is 2.78. The number of hydrogen-bond acceptors (Lipinski definition) is 0. The van der Waals surface area contributed by atoms with Gasteiger partial charge in [-0.2, -0.15) is 13.2 Å². The summed E-state index contributed by atoms with van der Waals surface area (Å²) in [6.45, 7) is 3.88. The van der Waals surface area contributed by atoms with Crippen molar-refractivity contribution in [3.63, 3.8) is 0 Å². The van der Waals surface area contributed by atoms with Gasteiger partial charge in [-0.15, -0.1) is 5.92 Å². The van der Waals surface area contributed by atoms with Crippen LogP contribution < -0.4 is 0 Å². The fraction of sp³-hybridized carbons (Fsp3) is 0.750. The lowest BCUT2D eigenvalue weighted by Gasteiger charge is -2.21. The molecule has 0 saturated heterocycles. The van der Waals surface area contributed by atoms with Crippen LogP contribution in [-0.4, -0.2) is 6.18 Å². The van der Waals surface area contributed by atoms with E-state index in [4.69, 9.17) is 0 Å².